The molecular formula is C23H23Cl2F2N10NaO7. The minimum absolute atomic E-state index is 0. The van der Waals surface area contributed by atoms with Crippen molar-refractivity contribution in [1.29, 1.82) is 0 Å². The Morgan fingerprint density at radius 3 is 1.96 bits per heavy atom. The second kappa shape index (κ2) is 18.8. The predicted molar refractivity (Wildman–Crippen MR) is 147 cm³/mol. The summed E-state index contributed by atoms with van der Waals surface area (Å²) in [5.74, 6) is -0.464. The van der Waals surface area contributed by atoms with Gasteiger partial charge in [-0.25, -0.2) is 18.0 Å². The zero-order valence-electron chi connectivity index (χ0n) is 23.0. The van der Waals surface area contributed by atoms with Gasteiger partial charge in [-0.15, -0.1) is 12.4 Å². The third-order valence-electron chi connectivity index (χ3n) is 5.79. The number of nitrogens with one attached hydrogen (secondary N) is 1. The van der Waals surface area contributed by atoms with Gasteiger partial charge in [0.15, 0.2) is 28.9 Å². The number of hydrogen-bond donors (Lipinski definition) is 6. The molecule has 2 aliphatic carbocycles. The van der Waals surface area contributed by atoms with E-state index in [1.165, 1.54) is 29.8 Å². The van der Waals surface area contributed by atoms with E-state index in [1.807, 2.05) is 5.48 Å². The number of hydrogen-bond acceptors (Lipinski definition) is 16. The number of fused-ring (bicyclic) bond motifs is 2. The van der Waals surface area contributed by atoms with Crippen molar-refractivity contribution in [2.45, 2.75) is 24.9 Å². The summed E-state index contributed by atoms with van der Waals surface area (Å²) < 4.78 is 34.2. The van der Waals surface area contributed by atoms with Crippen molar-refractivity contribution in [3.05, 3.63) is 81.7 Å². The van der Waals surface area contributed by atoms with Crippen LogP contribution in [-0.2, 0) is 22.5 Å². The van der Waals surface area contributed by atoms with Gasteiger partial charge >= 0.3 is 29.6 Å². The molecule has 17 nitrogen and oxygen atoms in total. The second-order valence-corrected chi connectivity index (χ2v) is 8.74. The molecule has 0 radical (unpaired) electrons. The van der Waals surface area contributed by atoms with E-state index < -0.39 is 0 Å². The van der Waals surface area contributed by atoms with E-state index in [1.54, 1.807) is 12.1 Å². The summed E-state index contributed by atoms with van der Waals surface area (Å²) in [6.45, 7) is -0.181. The third kappa shape index (κ3) is 10.3. The topological polar surface area (TPSA) is 282 Å². The summed E-state index contributed by atoms with van der Waals surface area (Å²) in [5, 5.41) is 41.4. The molecule has 0 amide bonds. The number of rotatable bonds is 4. The van der Waals surface area contributed by atoms with Crippen LogP contribution in [0.3, 0.4) is 0 Å². The van der Waals surface area contributed by atoms with Gasteiger partial charge in [0.05, 0.1) is 6.04 Å². The minimum atomic E-state index is -0.320. The first-order valence-electron chi connectivity index (χ1n) is 11.7. The number of aliphatic imine (C=N–C) groups is 1. The molecule has 2 atom stereocenters. The summed E-state index contributed by atoms with van der Waals surface area (Å²) in [4.78, 5) is 15.5. The second-order valence-electron chi connectivity index (χ2n) is 8.39. The molecule has 2 heterocycles. The molecule has 2 aliphatic rings. The fraction of sp³-hybridized carbons (Fsp3) is 0.174. The number of hydroxylamine groups is 1. The van der Waals surface area contributed by atoms with E-state index in [2.05, 4.69) is 44.9 Å². The van der Waals surface area contributed by atoms with E-state index in [9.17, 15) is 8.78 Å². The molecule has 0 aliphatic heterocycles. The van der Waals surface area contributed by atoms with Gasteiger partial charge in [0, 0.05) is 6.04 Å². The number of nitrogens with two attached hydrogens (primary N) is 3. The van der Waals surface area contributed by atoms with Crippen LogP contribution in [0.4, 0.5) is 20.4 Å². The Morgan fingerprint density at radius 2 is 1.53 bits per heavy atom. The van der Waals surface area contributed by atoms with Crippen LogP contribution in [0.2, 0.25) is 0 Å². The van der Waals surface area contributed by atoms with Crippen LogP contribution in [0.5, 0.6) is 0 Å². The van der Waals surface area contributed by atoms with Gasteiger partial charge in [0.1, 0.15) is 11.6 Å². The number of carbonyl (C=O) groups is 1. The molecule has 0 saturated carbocycles. The Kier molecular flexibility index (Phi) is 16.3. The molecule has 2 aromatic carbocycles. The van der Waals surface area contributed by atoms with Gasteiger partial charge in [0.25, 0.3) is 6.47 Å². The maximum absolute atomic E-state index is 13.1. The molecular weight excluding hydrogens is 660 g/mol. The van der Waals surface area contributed by atoms with Crippen LogP contribution in [0, 0.1) is 11.6 Å². The van der Waals surface area contributed by atoms with Gasteiger partial charge < -0.3 is 32.6 Å². The van der Waals surface area contributed by atoms with E-state index in [0.717, 1.165) is 23.1 Å². The molecule has 0 fully saturated rings. The average Bonchev–Trinajstić information content (AvgIpc) is 3.63. The number of amidine groups is 1. The number of nitrogens with zero attached hydrogens (tertiary/aromatic N) is 6. The average molecular weight is 683 g/mol. The predicted octanol–water partition coefficient (Wildman–Crippen LogP) is -1.92. The van der Waals surface area contributed by atoms with Crippen molar-refractivity contribution in [3.63, 3.8) is 0 Å². The number of nitrogen functional groups attached to an aromatic ring is 2. The van der Waals surface area contributed by atoms with Crippen LogP contribution in [0.1, 0.15) is 45.7 Å². The number of carbonyl (C=O) groups excluding carboxylic acids is 1. The fourth-order valence-electron chi connectivity index (χ4n) is 3.72. The first-order chi connectivity index (χ1) is 20.6. The van der Waals surface area contributed by atoms with E-state index in [0.29, 0.717) is 6.42 Å². The van der Waals surface area contributed by atoms with Gasteiger partial charge in [-0.1, -0.05) is 28.9 Å². The van der Waals surface area contributed by atoms with Crippen LogP contribution in [-0.4, -0.2) is 48.5 Å². The number of anilines is 2. The maximum atomic E-state index is 13.1. The smallest absolute Gasteiger partial charge is 0.662 e. The van der Waals surface area contributed by atoms with Crippen molar-refractivity contribution < 1.29 is 73.0 Å². The number of halogens is 4. The maximum Gasteiger partial charge on any atom is 1.00 e. The zero-order valence-corrected chi connectivity index (χ0v) is 26.6. The van der Waals surface area contributed by atoms with Crippen molar-refractivity contribution in [2.24, 2.45) is 15.9 Å². The SMILES string of the molecule is Cl.NC1Cc2ccc(F)cc21.Nc1nonc1/C(Cl)=N\O.Nc1nonc1C(=NC1Cc2ccc(F)cc21)NO.O=CO[O-].[Na+]. The molecule has 0 bridgehead atoms. The first kappa shape index (κ1) is 39.1. The minimum Gasteiger partial charge on any atom is -0.662 e. The van der Waals surface area contributed by atoms with Crippen LogP contribution in [0.15, 0.2) is 55.8 Å². The molecule has 236 valence electrons. The summed E-state index contributed by atoms with van der Waals surface area (Å²) in [7, 11) is 0. The van der Waals surface area contributed by atoms with Crippen LogP contribution in [0.25, 0.3) is 0 Å². The summed E-state index contributed by atoms with van der Waals surface area (Å²) >= 11 is 5.29. The Balaban J connectivity index is 0.000000333. The Morgan fingerprint density at radius 1 is 1.02 bits per heavy atom. The number of benzene rings is 2. The van der Waals surface area contributed by atoms with Crippen molar-refractivity contribution >= 4 is 53.1 Å². The normalized spacial score (nSPS) is 15.4. The van der Waals surface area contributed by atoms with Crippen molar-refractivity contribution in [2.75, 3.05) is 11.5 Å². The zero-order chi connectivity index (χ0) is 31.5. The standard InChI is InChI=1S/C11H10FN5O2.C8H8FN.C3H3ClN4O2.CH2O3.ClH.Na/c12-6-2-1-5-3-8(7(5)4-6)14-11(15-18)9-10(13)17-19-16-9;9-6-2-1-5-3-8(10)7(5)4-6;4-2(6-9)1-3(5)8-10-7-1;2-1-4-3;;/h1-2,4,8,18H,3H2,(H2,13,17)(H,14,15);1-2,4,8H,3,10H2;9H,(H2,5,8);1,3H;1H;/q;;;;;+1/p-1/b;;6-2+;;;. The third-order valence-corrected chi connectivity index (χ3v) is 6.05. The van der Waals surface area contributed by atoms with Crippen LogP contribution >= 0.6 is 24.0 Å². The van der Waals surface area contributed by atoms with Crippen molar-refractivity contribution in [1.82, 2.24) is 26.1 Å². The molecule has 0 spiro atoms. The Hall–Kier alpha value is -3.95. The van der Waals surface area contributed by atoms with Crippen LogP contribution < -0.4 is 57.5 Å². The van der Waals surface area contributed by atoms with E-state index in [4.69, 9.17) is 49.3 Å². The van der Waals surface area contributed by atoms with Gasteiger partial charge in [-0.2, -0.15) is 0 Å². The van der Waals surface area contributed by atoms with E-state index in [-0.39, 0.29) is 106 Å². The molecule has 2 unspecified atom stereocenters. The monoisotopic (exact) mass is 682 g/mol. The molecule has 9 N–H and O–H groups in total. The first-order valence-corrected chi connectivity index (χ1v) is 12.1. The van der Waals surface area contributed by atoms with Gasteiger partial charge in [-0.3, -0.25) is 20.5 Å². The van der Waals surface area contributed by atoms with Gasteiger partial charge in [0.2, 0.25) is 5.17 Å². The summed E-state index contributed by atoms with van der Waals surface area (Å²) in [6, 6.07) is 9.16. The molecule has 6 rings (SSSR count). The van der Waals surface area contributed by atoms with Crippen molar-refractivity contribution in [3.8, 4) is 0 Å². The Labute approximate surface area is 284 Å². The Bertz CT molecular complexity index is 1610. The fourth-order valence-corrected chi connectivity index (χ4v) is 3.85. The molecule has 2 aromatic heterocycles. The quantitative estimate of drug-likeness (QED) is 0.0260. The summed E-state index contributed by atoms with van der Waals surface area (Å²) in [6.07, 6.45) is 1.56. The van der Waals surface area contributed by atoms with E-state index >= 15 is 0 Å². The molecule has 22 heteroatoms. The van der Waals surface area contributed by atoms with Gasteiger partial charge in [-0.05, 0) is 80.0 Å². The molecule has 45 heavy (non-hydrogen) atoms. The number of aromatic nitrogens is 4. The largest absolute Gasteiger partial charge is 1.00 e. The number of oxime groups is 1. The molecule has 4 aromatic rings. The molecule has 0 saturated heterocycles. The summed E-state index contributed by atoms with van der Waals surface area (Å²) in [5.41, 5.74) is 22.3.